The first-order valence-corrected chi connectivity index (χ1v) is 7.44. The highest BCUT2D eigenvalue weighted by Crippen LogP contribution is 2.12. The monoisotopic (exact) mass is 307 g/mol. The fourth-order valence-electron chi connectivity index (χ4n) is 2.54. The van der Waals surface area contributed by atoms with Gasteiger partial charge in [-0.15, -0.1) is 0 Å². The fraction of sp³-hybridized carbons (Fsp3) is 0.167. The third-order valence-electron chi connectivity index (χ3n) is 3.73. The van der Waals surface area contributed by atoms with Crippen LogP contribution in [0, 0.1) is 0 Å². The maximum absolute atomic E-state index is 12.3. The van der Waals surface area contributed by atoms with Crippen molar-refractivity contribution in [2.75, 3.05) is 0 Å². The molecule has 0 spiro atoms. The quantitative estimate of drug-likeness (QED) is 0.804. The Balaban J connectivity index is 1.79. The second-order valence-corrected chi connectivity index (χ2v) is 5.38. The maximum atomic E-state index is 12.3. The van der Waals surface area contributed by atoms with Crippen molar-refractivity contribution >= 4 is 16.8 Å². The van der Waals surface area contributed by atoms with Gasteiger partial charge in [0.25, 0.3) is 0 Å². The van der Waals surface area contributed by atoms with Gasteiger partial charge in [0.15, 0.2) is 0 Å². The van der Waals surface area contributed by atoms with Crippen LogP contribution in [0.1, 0.15) is 18.5 Å². The Morgan fingerprint density at radius 2 is 1.83 bits per heavy atom. The van der Waals surface area contributed by atoms with Crippen LogP contribution in [0.15, 0.2) is 65.6 Å². The molecule has 0 unspecified atom stereocenters. The molecule has 1 atom stereocenters. The molecule has 0 aliphatic heterocycles. The van der Waals surface area contributed by atoms with Gasteiger partial charge >= 0.3 is 0 Å². The standard InChI is InChI=1S/C18H17N3O2/c1-13(14-7-3-2-4-8-14)20-18(23)12-21-16-10-6-5-9-15(16)17(22)11-19-21/h2-11,13H,12H2,1H3,(H,20,23)/t13-/m1/s1. The van der Waals surface area contributed by atoms with Crippen LogP contribution in [0.25, 0.3) is 10.9 Å². The van der Waals surface area contributed by atoms with E-state index in [0.29, 0.717) is 10.9 Å². The van der Waals surface area contributed by atoms with Crippen LogP contribution < -0.4 is 10.7 Å². The van der Waals surface area contributed by atoms with Gasteiger partial charge in [-0.2, -0.15) is 5.10 Å². The molecule has 23 heavy (non-hydrogen) atoms. The number of nitrogens with one attached hydrogen (secondary N) is 1. The summed E-state index contributed by atoms with van der Waals surface area (Å²) < 4.78 is 1.55. The van der Waals surface area contributed by atoms with Crippen molar-refractivity contribution in [3.8, 4) is 0 Å². The lowest BCUT2D eigenvalue weighted by Gasteiger charge is -2.15. The first-order chi connectivity index (χ1) is 11.1. The smallest absolute Gasteiger partial charge is 0.242 e. The maximum Gasteiger partial charge on any atom is 0.242 e. The number of nitrogens with zero attached hydrogens (tertiary/aromatic N) is 2. The van der Waals surface area contributed by atoms with Crippen molar-refractivity contribution in [1.82, 2.24) is 15.1 Å². The summed E-state index contributed by atoms with van der Waals surface area (Å²) in [7, 11) is 0. The van der Waals surface area contributed by atoms with Crippen molar-refractivity contribution in [3.05, 3.63) is 76.6 Å². The van der Waals surface area contributed by atoms with Crippen LogP contribution >= 0.6 is 0 Å². The fourth-order valence-corrected chi connectivity index (χ4v) is 2.54. The zero-order valence-corrected chi connectivity index (χ0v) is 12.8. The predicted molar refractivity (Wildman–Crippen MR) is 89.0 cm³/mol. The number of para-hydroxylation sites is 1. The molecule has 0 aliphatic carbocycles. The first kappa shape index (κ1) is 15.0. The summed E-state index contributed by atoms with van der Waals surface area (Å²) in [6.45, 7) is 2.00. The lowest BCUT2D eigenvalue weighted by Crippen LogP contribution is -2.31. The third-order valence-corrected chi connectivity index (χ3v) is 3.73. The molecular formula is C18H17N3O2. The number of hydrogen-bond acceptors (Lipinski definition) is 3. The molecule has 0 bridgehead atoms. The zero-order valence-electron chi connectivity index (χ0n) is 12.8. The Hall–Kier alpha value is -2.95. The third kappa shape index (κ3) is 3.29. The van der Waals surface area contributed by atoms with Gasteiger partial charge in [-0.3, -0.25) is 14.3 Å². The Bertz CT molecular complexity index is 887. The summed E-state index contributed by atoms with van der Waals surface area (Å²) in [5, 5.41) is 7.58. The van der Waals surface area contributed by atoms with Crippen LogP contribution in [0.2, 0.25) is 0 Å². The number of fused-ring (bicyclic) bond motifs is 1. The number of benzene rings is 2. The largest absolute Gasteiger partial charge is 0.348 e. The zero-order chi connectivity index (χ0) is 16.2. The average Bonchev–Trinajstić information content (AvgIpc) is 2.58. The minimum atomic E-state index is -0.150. The van der Waals surface area contributed by atoms with Crippen LogP contribution in [-0.4, -0.2) is 15.7 Å². The molecule has 3 rings (SSSR count). The van der Waals surface area contributed by atoms with Crippen LogP contribution in [0.5, 0.6) is 0 Å². The van der Waals surface area contributed by atoms with Crippen molar-refractivity contribution in [3.63, 3.8) is 0 Å². The van der Waals surface area contributed by atoms with Gasteiger partial charge in [-0.1, -0.05) is 42.5 Å². The van der Waals surface area contributed by atoms with Gasteiger partial charge < -0.3 is 5.32 Å². The van der Waals surface area contributed by atoms with E-state index in [2.05, 4.69) is 10.4 Å². The minimum Gasteiger partial charge on any atom is -0.348 e. The molecule has 0 saturated heterocycles. The molecule has 0 fully saturated rings. The molecule has 116 valence electrons. The van der Waals surface area contributed by atoms with Gasteiger partial charge in [0.1, 0.15) is 6.54 Å². The first-order valence-electron chi connectivity index (χ1n) is 7.44. The van der Waals surface area contributed by atoms with Gasteiger partial charge in [0.2, 0.25) is 11.3 Å². The van der Waals surface area contributed by atoms with Crippen molar-refractivity contribution < 1.29 is 4.79 Å². The van der Waals surface area contributed by atoms with Crippen molar-refractivity contribution in [1.29, 1.82) is 0 Å². The topological polar surface area (TPSA) is 64.0 Å². The van der Waals surface area contributed by atoms with E-state index in [-0.39, 0.29) is 23.9 Å². The number of aromatic nitrogens is 2. The average molecular weight is 307 g/mol. The van der Waals surface area contributed by atoms with Gasteiger partial charge in [-0.25, -0.2) is 0 Å². The molecule has 0 radical (unpaired) electrons. The number of rotatable bonds is 4. The summed E-state index contributed by atoms with van der Waals surface area (Å²) in [6, 6.07) is 16.8. The lowest BCUT2D eigenvalue weighted by molar-refractivity contribution is -0.122. The summed E-state index contributed by atoms with van der Waals surface area (Å²) in [5.74, 6) is -0.150. The highest BCUT2D eigenvalue weighted by molar-refractivity contribution is 5.81. The Morgan fingerprint density at radius 1 is 1.13 bits per heavy atom. The normalized spacial score (nSPS) is 12.0. The van der Waals surface area contributed by atoms with E-state index in [1.807, 2.05) is 43.3 Å². The molecule has 3 aromatic rings. The van der Waals surface area contributed by atoms with Crippen LogP contribution in [0.3, 0.4) is 0 Å². The summed E-state index contributed by atoms with van der Waals surface area (Å²) >= 11 is 0. The molecule has 1 amide bonds. The Morgan fingerprint density at radius 3 is 2.61 bits per heavy atom. The molecule has 1 N–H and O–H groups in total. The Kier molecular flexibility index (Phi) is 4.19. The van der Waals surface area contributed by atoms with Gasteiger partial charge in [0.05, 0.1) is 17.8 Å². The summed E-state index contributed by atoms with van der Waals surface area (Å²) in [6.07, 6.45) is 1.25. The summed E-state index contributed by atoms with van der Waals surface area (Å²) in [4.78, 5) is 24.1. The molecular weight excluding hydrogens is 290 g/mol. The molecule has 1 heterocycles. The molecule has 0 saturated carbocycles. The van der Waals surface area contributed by atoms with Gasteiger partial charge in [-0.05, 0) is 24.6 Å². The molecule has 1 aromatic heterocycles. The number of amides is 1. The summed E-state index contributed by atoms with van der Waals surface area (Å²) in [5.41, 5.74) is 1.55. The van der Waals surface area contributed by atoms with Crippen LogP contribution in [0.4, 0.5) is 0 Å². The molecule has 2 aromatic carbocycles. The van der Waals surface area contributed by atoms with E-state index in [1.54, 1.807) is 22.9 Å². The number of hydrogen-bond donors (Lipinski definition) is 1. The van der Waals surface area contributed by atoms with E-state index in [0.717, 1.165) is 5.56 Å². The number of carbonyl (C=O) groups is 1. The molecule has 5 nitrogen and oxygen atoms in total. The Labute approximate surface area is 133 Å². The minimum absolute atomic E-state index is 0.0674. The second-order valence-electron chi connectivity index (χ2n) is 5.38. The lowest BCUT2D eigenvalue weighted by atomic mass is 10.1. The van der Waals surface area contributed by atoms with E-state index in [1.165, 1.54) is 6.20 Å². The highest BCUT2D eigenvalue weighted by Gasteiger charge is 2.11. The number of carbonyl (C=O) groups excluding carboxylic acids is 1. The van der Waals surface area contributed by atoms with E-state index in [4.69, 9.17) is 0 Å². The highest BCUT2D eigenvalue weighted by atomic mass is 16.2. The van der Waals surface area contributed by atoms with Crippen molar-refractivity contribution in [2.45, 2.75) is 19.5 Å². The van der Waals surface area contributed by atoms with E-state index < -0.39 is 0 Å². The van der Waals surface area contributed by atoms with Gasteiger partial charge in [0, 0.05) is 5.39 Å². The van der Waals surface area contributed by atoms with Crippen molar-refractivity contribution in [2.24, 2.45) is 0 Å². The second kappa shape index (κ2) is 6.44. The molecule has 0 aliphatic rings. The van der Waals surface area contributed by atoms with E-state index >= 15 is 0 Å². The molecule has 5 heteroatoms. The predicted octanol–water partition coefficient (Wildman–Crippen LogP) is 2.27. The van der Waals surface area contributed by atoms with Crippen LogP contribution in [-0.2, 0) is 11.3 Å². The SMILES string of the molecule is C[C@@H](NC(=O)Cn1ncc(=O)c2ccccc21)c1ccccc1. The van der Waals surface area contributed by atoms with E-state index in [9.17, 15) is 9.59 Å².